The van der Waals surface area contributed by atoms with E-state index in [9.17, 15) is 5.11 Å². The van der Waals surface area contributed by atoms with Gasteiger partial charge in [0.15, 0.2) is 0 Å². The van der Waals surface area contributed by atoms with E-state index in [2.05, 4.69) is 37.6 Å². The quantitative estimate of drug-likeness (QED) is 0.677. The molecule has 1 N–H and O–H groups in total. The topological polar surface area (TPSA) is 33.1 Å². The maximum atomic E-state index is 9.46. The monoisotopic (exact) mass is 217 g/mol. The van der Waals surface area contributed by atoms with Gasteiger partial charge in [0.1, 0.15) is 11.3 Å². The minimum absolute atomic E-state index is 0.106. The smallest absolute Gasteiger partial charge is 0.120 e. The summed E-state index contributed by atoms with van der Waals surface area (Å²) in [7, 11) is 0. The summed E-state index contributed by atoms with van der Waals surface area (Å²) >= 11 is 0. The minimum atomic E-state index is -0.968. The van der Waals surface area contributed by atoms with Crippen LogP contribution in [0.3, 0.4) is 0 Å². The van der Waals surface area contributed by atoms with Crippen molar-refractivity contribution in [2.45, 2.75) is 45.6 Å². The van der Waals surface area contributed by atoms with E-state index < -0.39 is 5.60 Å². The summed E-state index contributed by atoms with van der Waals surface area (Å²) in [6, 6.07) is 3.92. The number of hydrogen-bond donors (Lipinski definition) is 1. The summed E-state index contributed by atoms with van der Waals surface area (Å²) < 4.78 is 0. The number of pyridine rings is 1. The molecule has 1 rings (SSSR count). The van der Waals surface area contributed by atoms with Crippen LogP contribution in [0.1, 0.15) is 45.9 Å². The van der Waals surface area contributed by atoms with Crippen LogP contribution in [-0.4, -0.2) is 15.7 Å². The molecule has 0 aliphatic rings. The van der Waals surface area contributed by atoms with Gasteiger partial charge in [-0.2, -0.15) is 0 Å². The lowest BCUT2D eigenvalue weighted by molar-refractivity contribution is 0.143. The number of hydrogen-bond acceptors (Lipinski definition) is 2. The van der Waals surface area contributed by atoms with Gasteiger partial charge >= 0.3 is 0 Å². The predicted molar refractivity (Wildman–Crippen MR) is 66.1 cm³/mol. The summed E-state index contributed by atoms with van der Waals surface area (Å²) in [6.45, 7) is 9.75. The Labute approximate surface area is 97.7 Å². The molecule has 2 heteroatoms. The summed E-state index contributed by atoms with van der Waals surface area (Å²) in [5, 5.41) is 9.46. The van der Waals surface area contributed by atoms with Gasteiger partial charge in [-0.05, 0) is 36.8 Å². The highest BCUT2D eigenvalue weighted by molar-refractivity contribution is 5.32. The second-order valence-electron chi connectivity index (χ2n) is 5.49. The van der Waals surface area contributed by atoms with E-state index in [0.29, 0.717) is 5.69 Å². The van der Waals surface area contributed by atoms with Crippen LogP contribution in [0.5, 0.6) is 0 Å². The van der Waals surface area contributed by atoms with Crippen molar-refractivity contribution in [2.24, 2.45) is 0 Å². The van der Waals surface area contributed by atoms with Gasteiger partial charge in [0.25, 0.3) is 0 Å². The Morgan fingerprint density at radius 2 is 1.75 bits per heavy atom. The van der Waals surface area contributed by atoms with E-state index in [1.54, 1.807) is 13.8 Å². The Balaban J connectivity index is 2.91. The van der Waals surface area contributed by atoms with Crippen LogP contribution in [-0.2, 0) is 5.41 Å². The first-order valence-electron chi connectivity index (χ1n) is 5.40. The van der Waals surface area contributed by atoms with E-state index >= 15 is 0 Å². The lowest BCUT2D eigenvalue weighted by atomic mass is 9.88. The second kappa shape index (κ2) is 4.27. The first-order valence-corrected chi connectivity index (χ1v) is 5.40. The first-order chi connectivity index (χ1) is 7.18. The van der Waals surface area contributed by atoms with Gasteiger partial charge in [-0.15, -0.1) is 0 Å². The zero-order valence-corrected chi connectivity index (χ0v) is 10.6. The lowest BCUT2D eigenvalue weighted by Gasteiger charge is -2.17. The molecule has 16 heavy (non-hydrogen) atoms. The van der Waals surface area contributed by atoms with Crippen molar-refractivity contribution in [3.63, 3.8) is 0 Å². The Bertz CT molecular complexity index is 407. The highest BCUT2D eigenvalue weighted by Crippen LogP contribution is 2.20. The van der Waals surface area contributed by atoms with E-state index in [-0.39, 0.29) is 5.41 Å². The molecule has 0 spiro atoms. The zero-order chi connectivity index (χ0) is 12.4. The molecular weight excluding hydrogens is 198 g/mol. The van der Waals surface area contributed by atoms with Gasteiger partial charge in [-0.1, -0.05) is 32.8 Å². The third-order valence-electron chi connectivity index (χ3n) is 2.13. The van der Waals surface area contributed by atoms with Gasteiger partial charge in [-0.3, -0.25) is 0 Å². The fraction of sp³-hybridized carbons (Fsp3) is 0.500. The van der Waals surface area contributed by atoms with Crippen LogP contribution in [0.2, 0.25) is 0 Å². The molecule has 1 aromatic heterocycles. The van der Waals surface area contributed by atoms with Crippen molar-refractivity contribution < 1.29 is 5.11 Å². The van der Waals surface area contributed by atoms with Crippen molar-refractivity contribution in [2.75, 3.05) is 0 Å². The molecule has 1 aromatic rings. The number of rotatable bonds is 0. The number of aromatic nitrogens is 1. The minimum Gasteiger partial charge on any atom is -0.378 e. The molecule has 0 fully saturated rings. The highest BCUT2D eigenvalue weighted by Gasteiger charge is 2.13. The van der Waals surface area contributed by atoms with Crippen molar-refractivity contribution >= 4 is 0 Å². The normalized spacial score (nSPS) is 11.9. The van der Waals surface area contributed by atoms with E-state index in [1.807, 2.05) is 18.3 Å². The Kier molecular flexibility index (Phi) is 3.40. The van der Waals surface area contributed by atoms with Crippen molar-refractivity contribution in [1.29, 1.82) is 0 Å². The molecule has 0 saturated heterocycles. The average molecular weight is 217 g/mol. The molecule has 0 aliphatic carbocycles. The molecule has 0 unspecified atom stereocenters. The Morgan fingerprint density at radius 1 is 1.12 bits per heavy atom. The van der Waals surface area contributed by atoms with Crippen molar-refractivity contribution in [3.8, 4) is 11.8 Å². The fourth-order valence-electron chi connectivity index (χ4n) is 1.13. The van der Waals surface area contributed by atoms with Gasteiger partial charge < -0.3 is 5.11 Å². The van der Waals surface area contributed by atoms with Crippen molar-refractivity contribution in [1.82, 2.24) is 4.98 Å². The predicted octanol–water partition coefficient (Wildman–Crippen LogP) is 2.50. The fourth-order valence-corrected chi connectivity index (χ4v) is 1.13. The van der Waals surface area contributed by atoms with Gasteiger partial charge in [0, 0.05) is 6.20 Å². The summed E-state index contributed by atoms with van der Waals surface area (Å²) in [5.74, 6) is 5.59. The maximum Gasteiger partial charge on any atom is 0.120 e. The molecular formula is C14H19NO. The SMILES string of the molecule is CC(C)(O)C#Cc1ccc(C(C)(C)C)cn1. The van der Waals surface area contributed by atoms with Crippen molar-refractivity contribution in [3.05, 3.63) is 29.6 Å². The summed E-state index contributed by atoms with van der Waals surface area (Å²) in [5.41, 5.74) is 1.01. The molecule has 0 bridgehead atoms. The zero-order valence-electron chi connectivity index (χ0n) is 10.6. The summed E-state index contributed by atoms with van der Waals surface area (Å²) in [6.07, 6.45) is 1.84. The Morgan fingerprint density at radius 3 is 2.12 bits per heavy atom. The first kappa shape index (κ1) is 12.7. The van der Waals surface area contributed by atoms with Crippen LogP contribution < -0.4 is 0 Å². The molecule has 0 saturated carbocycles. The van der Waals surface area contributed by atoms with Crippen LogP contribution in [0.15, 0.2) is 18.3 Å². The highest BCUT2D eigenvalue weighted by atomic mass is 16.3. The molecule has 0 aromatic carbocycles. The van der Waals surface area contributed by atoms with Gasteiger partial charge in [-0.25, -0.2) is 4.98 Å². The molecule has 0 radical (unpaired) electrons. The van der Waals surface area contributed by atoms with E-state index in [1.165, 1.54) is 5.56 Å². The largest absolute Gasteiger partial charge is 0.378 e. The van der Waals surface area contributed by atoms with E-state index in [4.69, 9.17) is 0 Å². The Hall–Kier alpha value is -1.33. The standard InChI is InChI=1S/C14H19NO/c1-13(2,3)11-6-7-12(15-10-11)8-9-14(4,5)16/h6-7,10,16H,1-5H3. The average Bonchev–Trinajstić information content (AvgIpc) is 2.13. The molecule has 0 atom stereocenters. The molecule has 1 heterocycles. The number of nitrogens with zero attached hydrogens (tertiary/aromatic N) is 1. The molecule has 2 nitrogen and oxygen atoms in total. The molecule has 86 valence electrons. The maximum absolute atomic E-state index is 9.46. The third-order valence-corrected chi connectivity index (χ3v) is 2.13. The number of aliphatic hydroxyl groups is 1. The van der Waals surface area contributed by atoms with Crippen LogP contribution in [0.4, 0.5) is 0 Å². The third kappa shape index (κ3) is 4.04. The summed E-state index contributed by atoms with van der Waals surface area (Å²) in [4.78, 5) is 4.26. The van der Waals surface area contributed by atoms with E-state index in [0.717, 1.165) is 0 Å². The lowest BCUT2D eigenvalue weighted by Crippen LogP contribution is -2.14. The molecule has 0 aliphatic heterocycles. The van der Waals surface area contributed by atoms with Crippen LogP contribution in [0.25, 0.3) is 0 Å². The van der Waals surface area contributed by atoms with Crippen LogP contribution >= 0.6 is 0 Å². The van der Waals surface area contributed by atoms with Crippen LogP contribution in [0, 0.1) is 11.8 Å². The van der Waals surface area contributed by atoms with Gasteiger partial charge in [0.05, 0.1) is 0 Å². The molecule has 0 amide bonds. The second-order valence-corrected chi connectivity index (χ2v) is 5.49. The van der Waals surface area contributed by atoms with Gasteiger partial charge in [0.2, 0.25) is 0 Å².